The summed E-state index contributed by atoms with van der Waals surface area (Å²) >= 11 is 23.7. The van der Waals surface area contributed by atoms with Gasteiger partial charge in [0.15, 0.2) is 5.11 Å². The molecule has 2 rings (SSSR count). The van der Waals surface area contributed by atoms with E-state index in [-0.39, 0.29) is 11.7 Å². The molecule has 0 heterocycles. The van der Waals surface area contributed by atoms with Crippen molar-refractivity contribution in [2.24, 2.45) is 5.73 Å². The quantitative estimate of drug-likeness (QED) is 0.561. The summed E-state index contributed by atoms with van der Waals surface area (Å²) in [6, 6.07) is 8.43. The van der Waals surface area contributed by atoms with Crippen molar-refractivity contribution < 1.29 is 9.53 Å². The van der Waals surface area contributed by atoms with Gasteiger partial charge in [-0.15, -0.1) is 0 Å². The first kappa shape index (κ1) is 19.5. The number of nitrogens with one attached hydrogen (secondary N) is 1. The van der Waals surface area contributed by atoms with E-state index in [1.165, 1.54) is 0 Å². The van der Waals surface area contributed by atoms with Gasteiger partial charge in [-0.25, -0.2) is 0 Å². The van der Waals surface area contributed by atoms with Crippen LogP contribution in [0.4, 0.5) is 0 Å². The molecule has 1 amide bonds. The average Bonchev–Trinajstić information content (AvgIpc) is 2.48. The molecule has 0 unspecified atom stereocenters. The van der Waals surface area contributed by atoms with Crippen LogP contribution in [0.3, 0.4) is 0 Å². The van der Waals surface area contributed by atoms with Crippen LogP contribution in [0.5, 0.6) is 5.75 Å². The Balaban J connectivity index is 2.23. The van der Waals surface area contributed by atoms with E-state index < -0.39 is 5.91 Å². The van der Waals surface area contributed by atoms with Crippen molar-refractivity contribution in [2.75, 3.05) is 0 Å². The van der Waals surface area contributed by atoms with Crippen molar-refractivity contribution >= 4 is 78.3 Å². The molecule has 0 spiro atoms. The highest BCUT2D eigenvalue weighted by Gasteiger charge is 2.15. The zero-order chi connectivity index (χ0) is 17.9. The maximum atomic E-state index is 11.9. The molecule has 0 atom stereocenters. The maximum Gasteiger partial charge on any atom is 0.257 e. The fraction of sp³-hybridized carbons (Fsp3) is 0.0667. The number of ether oxygens (including phenoxy) is 1. The Hall–Kier alpha value is -0.860. The third-order valence-electron chi connectivity index (χ3n) is 2.92. The lowest BCUT2D eigenvalue weighted by Gasteiger charge is -2.13. The number of carbonyl (C=O) groups excluding carboxylic acids is 1. The maximum absolute atomic E-state index is 11.9. The lowest BCUT2D eigenvalue weighted by molar-refractivity contribution is 0.0977. The molecule has 0 aliphatic rings. The Morgan fingerprint density at radius 1 is 1.21 bits per heavy atom. The molecule has 0 aromatic heterocycles. The van der Waals surface area contributed by atoms with Gasteiger partial charge in [0.2, 0.25) is 0 Å². The standard InChI is InChI=1S/C15H10Br2Cl2N2O2S/c16-9-4-7(14(22)21-15(20)24)5-10(17)13(9)23-6-8-11(18)2-1-3-12(8)19/h1-5H,6H2,(H3,20,21,22,24). The summed E-state index contributed by atoms with van der Waals surface area (Å²) in [5.41, 5.74) is 6.34. The number of nitrogens with two attached hydrogens (primary N) is 1. The van der Waals surface area contributed by atoms with Gasteiger partial charge in [0.05, 0.1) is 8.95 Å². The summed E-state index contributed by atoms with van der Waals surface area (Å²) in [5, 5.41) is 3.29. The van der Waals surface area contributed by atoms with E-state index >= 15 is 0 Å². The lowest BCUT2D eigenvalue weighted by Crippen LogP contribution is -2.34. The minimum absolute atomic E-state index is 0.0964. The molecule has 0 saturated heterocycles. The Morgan fingerprint density at radius 3 is 2.25 bits per heavy atom. The van der Waals surface area contributed by atoms with Crippen molar-refractivity contribution in [3.8, 4) is 5.75 Å². The molecule has 0 fully saturated rings. The van der Waals surface area contributed by atoms with Crippen LogP contribution < -0.4 is 15.8 Å². The first-order chi connectivity index (χ1) is 11.3. The highest BCUT2D eigenvalue weighted by molar-refractivity contribution is 9.11. The second-order valence-electron chi connectivity index (χ2n) is 4.58. The zero-order valence-electron chi connectivity index (χ0n) is 11.9. The molecule has 24 heavy (non-hydrogen) atoms. The Morgan fingerprint density at radius 2 is 1.75 bits per heavy atom. The van der Waals surface area contributed by atoms with Crippen LogP contribution in [0.25, 0.3) is 0 Å². The molecule has 4 nitrogen and oxygen atoms in total. The van der Waals surface area contributed by atoms with Gasteiger partial charge in [0.25, 0.3) is 5.91 Å². The molecular weight excluding hydrogens is 503 g/mol. The van der Waals surface area contributed by atoms with Gasteiger partial charge >= 0.3 is 0 Å². The van der Waals surface area contributed by atoms with Gasteiger partial charge < -0.3 is 10.5 Å². The van der Waals surface area contributed by atoms with Gasteiger partial charge in [0, 0.05) is 21.2 Å². The van der Waals surface area contributed by atoms with Crippen molar-refractivity contribution in [3.63, 3.8) is 0 Å². The topological polar surface area (TPSA) is 64.3 Å². The number of hydrogen-bond donors (Lipinski definition) is 2. The largest absolute Gasteiger partial charge is 0.486 e. The van der Waals surface area contributed by atoms with Crippen molar-refractivity contribution in [1.29, 1.82) is 0 Å². The zero-order valence-corrected chi connectivity index (χ0v) is 17.4. The van der Waals surface area contributed by atoms with Gasteiger partial charge in [-0.1, -0.05) is 29.3 Å². The molecule has 0 saturated carbocycles. The summed E-state index contributed by atoms with van der Waals surface area (Å²) in [6.07, 6.45) is 0. The van der Waals surface area contributed by atoms with Gasteiger partial charge in [-0.05, 0) is 68.3 Å². The van der Waals surface area contributed by atoms with E-state index in [2.05, 4.69) is 49.4 Å². The van der Waals surface area contributed by atoms with Crippen molar-refractivity contribution in [2.45, 2.75) is 6.61 Å². The van der Waals surface area contributed by atoms with Crippen LogP contribution in [0.2, 0.25) is 10.0 Å². The van der Waals surface area contributed by atoms with E-state index in [1.54, 1.807) is 30.3 Å². The minimum atomic E-state index is -0.412. The predicted molar refractivity (Wildman–Crippen MR) is 107 cm³/mol. The normalized spacial score (nSPS) is 10.3. The average molecular weight is 513 g/mol. The van der Waals surface area contributed by atoms with Gasteiger partial charge in [0.1, 0.15) is 12.4 Å². The molecule has 3 N–H and O–H groups in total. The molecule has 2 aromatic carbocycles. The van der Waals surface area contributed by atoms with Crippen molar-refractivity contribution in [3.05, 3.63) is 60.4 Å². The summed E-state index contributed by atoms with van der Waals surface area (Å²) in [7, 11) is 0. The van der Waals surface area contributed by atoms with E-state index in [4.69, 9.17) is 33.7 Å². The van der Waals surface area contributed by atoms with E-state index in [0.29, 0.717) is 35.9 Å². The minimum Gasteiger partial charge on any atom is -0.486 e. The molecular formula is C15H10Br2Cl2N2O2S. The second kappa shape index (κ2) is 8.49. The van der Waals surface area contributed by atoms with E-state index in [1.807, 2.05) is 0 Å². The first-order valence-corrected chi connectivity index (χ1v) is 9.20. The predicted octanol–water partition coefficient (Wildman–Crippen LogP) is 5.07. The summed E-state index contributed by atoms with van der Waals surface area (Å²) in [4.78, 5) is 11.9. The fourth-order valence-electron chi connectivity index (χ4n) is 1.83. The van der Waals surface area contributed by atoms with Crippen LogP contribution in [0.1, 0.15) is 15.9 Å². The van der Waals surface area contributed by atoms with Crippen molar-refractivity contribution in [1.82, 2.24) is 5.32 Å². The molecule has 0 bridgehead atoms. The number of halogens is 4. The molecule has 9 heteroatoms. The Kier molecular flexibility index (Phi) is 6.88. The number of amides is 1. The van der Waals surface area contributed by atoms with Crippen LogP contribution in [-0.4, -0.2) is 11.0 Å². The number of benzene rings is 2. The van der Waals surface area contributed by atoms with Crippen LogP contribution in [0, 0.1) is 0 Å². The first-order valence-electron chi connectivity index (χ1n) is 6.45. The molecule has 0 radical (unpaired) electrons. The Bertz CT molecular complexity index is 775. The fourth-order valence-corrected chi connectivity index (χ4v) is 3.84. The lowest BCUT2D eigenvalue weighted by atomic mass is 10.2. The smallest absolute Gasteiger partial charge is 0.257 e. The third-order valence-corrected chi connectivity index (χ3v) is 4.91. The monoisotopic (exact) mass is 510 g/mol. The van der Waals surface area contributed by atoms with Crippen LogP contribution >= 0.6 is 67.3 Å². The Labute approximate surface area is 170 Å². The number of rotatable bonds is 4. The van der Waals surface area contributed by atoms with Crippen LogP contribution in [-0.2, 0) is 6.61 Å². The van der Waals surface area contributed by atoms with Gasteiger partial charge in [-0.2, -0.15) is 0 Å². The van der Waals surface area contributed by atoms with E-state index in [9.17, 15) is 4.79 Å². The highest BCUT2D eigenvalue weighted by atomic mass is 79.9. The SMILES string of the molecule is NC(=S)NC(=O)c1cc(Br)c(OCc2c(Cl)cccc2Cl)c(Br)c1. The summed E-state index contributed by atoms with van der Waals surface area (Å²) in [5.74, 6) is 0.0995. The van der Waals surface area contributed by atoms with Gasteiger partial charge in [-0.3, -0.25) is 10.1 Å². The number of thiocarbonyl (C=S) groups is 1. The van der Waals surface area contributed by atoms with E-state index in [0.717, 1.165) is 0 Å². The molecule has 126 valence electrons. The van der Waals surface area contributed by atoms with Crippen LogP contribution in [0.15, 0.2) is 39.3 Å². The summed E-state index contributed by atoms with van der Waals surface area (Å²) in [6.45, 7) is 0.175. The highest BCUT2D eigenvalue weighted by Crippen LogP contribution is 2.36. The summed E-state index contributed by atoms with van der Waals surface area (Å²) < 4.78 is 6.94. The molecule has 0 aliphatic carbocycles. The number of hydrogen-bond acceptors (Lipinski definition) is 3. The number of carbonyl (C=O) groups is 1. The second-order valence-corrected chi connectivity index (χ2v) is 7.54. The molecule has 2 aromatic rings. The molecule has 0 aliphatic heterocycles. The third kappa shape index (κ3) is 4.83.